The molecular formula is C22H37NO. The van der Waals surface area contributed by atoms with Gasteiger partial charge in [0.1, 0.15) is 0 Å². The Morgan fingerprint density at radius 1 is 0.958 bits per heavy atom. The van der Waals surface area contributed by atoms with Crippen molar-refractivity contribution in [2.45, 2.75) is 90.9 Å². The normalized spacial score (nSPS) is 27.2. The highest BCUT2D eigenvalue weighted by Crippen LogP contribution is 2.36. The van der Waals surface area contributed by atoms with Crippen LogP contribution in [-0.2, 0) is 4.74 Å². The van der Waals surface area contributed by atoms with Crippen LogP contribution in [0.3, 0.4) is 0 Å². The molecule has 2 aliphatic rings. The van der Waals surface area contributed by atoms with E-state index < -0.39 is 0 Å². The van der Waals surface area contributed by atoms with Gasteiger partial charge in [-0.2, -0.15) is 0 Å². The molecule has 2 aliphatic heterocycles. The highest BCUT2D eigenvalue weighted by atomic mass is 16.5. The van der Waals surface area contributed by atoms with Gasteiger partial charge in [-0.25, -0.2) is 0 Å². The number of rotatable bonds is 9. The molecular weight excluding hydrogens is 294 g/mol. The Balaban J connectivity index is 1.65. The van der Waals surface area contributed by atoms with Crippen LogP contribution in [0.1, 0.15) is 72.6 Å². The van der Waals surface area contributed by atoms with Crippen LogP contribution < -0.4 is 0 Å². The quantitative estimate of drug-likeness (QED) is 0.506. The molecule has 2 rings (SSSR count). The van der Waals surface area contributed by atoms with Gasteiger partial charge in [-0.3, -0.25) is 4.90 Å². The molecule has 2 fully saturated rings. The zero-order valence-corrected chi connectivity index (χ0v) is 16.5. The van der Waals surface area contributed by atoms with Crippen LogP contribution in [0.25, 0.3) is 0 Å². The van der Waals surface area contributed by atoms with Crippen molar-refractivity contribution in [3.63, 3.8) is 0 Å². The minimum Gasteiger partial charge on any atom is -0.373 e. The Hall–Kier alpha value is -0.860. The molecule has 0 saturated carbocycles. The van der Waals surface area contributed by atoms with E-state index in [2.05, 4.69) is 57.9 Å². The Kier molecular flexibility index (Phi) is 7.77. The van der Waals surface area contributed by atoms with E-state index in [-0.39, 0.29) is 0 Å². The summed E-state index contributed by atoms with van der Waals surface area (Å²) < 4.78 is 5.98. The summed E-state index contributed by atoms with van der Waals surface area (Å²) in [6.07, 6.45) is 16.7. The maximum absolute atomic E-state index is 5.98. The number of ether oxygens (including phenoxy) is 1. The van der Waals surface area contributed by atoms with Crippen LogP contribution in [0.5, 0.6) is 0 Å². The minimum atomic E-state index is 0.500. The van der Waals surface area contributed by atoms with Gasteiger partial charge >= 0.3 is 0 Å². The topological polar surface area (TPSA) is 12.5 Å². The molecule has 0 amide bonds. The van der Waals surface area contributed by atoms with Crippen LogP contribution >= 0.6 is 0 Å². The largest absolute Gasteiger partial charge is 0.373 e. The first-order valence-corrected chi connectivity index (χ1v) is 9.76. The Morgan fingerprint density at radius 3 is 2.21 bits per heavy atom. The minimum absolute atomic E-state index is 0.500. The number of likely N-dealkylation sites (N-methyl/N-ethyl adjacent to an activating group) is 1. The van der Waals surface area contributed by atoms with Gasteiger partial charge in [-0.1, -0.05) is 34.9 Å². The van der Waals surface area contributed by atoms with E-state index in [0.29, 0.717) is 18.2 Å². The molecule has 0 radical (unpaired) electrons. The molecule has 2 saturated heterocycles. The SMILES string of the molecule is CC(C)=CCC/C(C)=C/CC/C(C)=C/CN(C)C1CC2CCC1O2. The van der Waals surface area contributed by atoms with Crippen LogP contribution in [-0.4, -0.2) is 36.7 Å². The van der Waals surface area contributed by atoms with Gasteiger partial charge in [0, 0.05) is 12.6 Å². The first-order chi connectivity index (χ1) is 11.5. The molecule has 2 heteroatoms. The third-order valence-corrected chi connectivity index (χ3v) is 5.49. The highest BCUT2D eigenvalue weighted by molar-refractivity contribution is 5.06. The second-order valence-corrected chi connectivity index (χ2v) is 8.08. The van der Waals surface area contributed by atoms with Crippen molar-refractivity contribution < 1.29 is 4.74 Å². The van der Waals surface area contributed by atoms with Crippen molar-refractivity contribution in [2.75, 3.05) is 13.6 Å². The second-order valence-electron chi connectivity index (χ2n) is 8.08. The molecule has 0 N–H and O–H groups in total. The number of hydrogen-bond donors (Lipinski definition) is 0. The van der Waals surface area contributed by atoms with Gasteiger partial charge in [0.25, 0.3) is 0 Å². The monoisotopic (exact) mass is 331 g/mol. The first kappa shape index (κ1) is 19.5. The van der Waals surface area contributed by atoms with Gasteiger partial charge in [-0.15, -0.1) is 0 Å². The van der Waals surface area contributed by atoms with Crippen molar-refractivity contribution >= 4 is 0 Å². The fourth-order valence-corrected chi connectivity index (χ4v) is 3.85. The predicted molar refractivity (Wildman–Crippen MR) is 104 cm³/mol. The fraction of sp³-hybridized carbons (Fsp3) is 0.727. The van der Waals surface area contributed by atoms with E-state index >= 15 is 0 Å². The fourth-order valence-electron chi connectivity index (χ4n) is 3.85. The number of hydrogen-bond acceptors (Lipinski definition) is 2. The molecule has 0 spiro atoms. The Labute approximate surface area is 149 Å². The molecule has 0 aliphatic carbocycles. The summed E-state index contributed by atoms with van der Waals surface area (Å²) >= 11 is 0. The zero-order valence-electron chi connectivity index (χ0n) is 16.5. The van der Waals surface area contributed by atoms with Crippen molar-refractivity contribution in [2.24, 2.45) is 0 Å². The summed E-state index contributed by atoms with van der Waals surface area (Å²) in [6, 6.07) is 0.644. The van der Waals surface area contributed by atoms with Crippen molar-refractivity contribution in [3.8, 4) is 0 Å². The van der Waals surface area contributed by atoms with Crippen LogP contribution in [0.15, 0.2) is 34.9 Å². The van der Waals surface area contributed by atoms with Crippen molar-refractivity contribution in [1.82, 2.24) is 4.90 Å². The highest BCUT2D eigenvalue weighted by Gasteiger charge is 2.42. The molecule has 0 aromatic carbocycles. The van der Waals surface area contributed by atoms with Gasteiger partial charge in [0.15, 0.2) is 0 Å². The van der Waals surface area contributed by atoms with Crippen molar-refractivity contribution in [1.29, 1.82) is 0 Å². The van der Waals surface area contributed by atoms with E-state index in [1.54, 1.807) is 0 Å². The first-order valence-electron chi connectivity index (χ1n) is 9.76. The van der Waals surface area contributed by atoms with Gasteiger partial charge in [0.05, 0.1) is 12.2 Å². The zero-order chi connectivity index (χ0) is 17.5. The van der Waals surface area contributed by atoms with Crippen LogP contribution in [0, 0.1) is 0 Å². The van der Waals surface area contributed by atoms with Gasteiger partial charge < -0.3 is 4.74 Å². The predicted octanol–water partition coefficient (Wildman–Crippen LogP) is 5.66. The van der Waals surface area contributed by atoms with Crippen LogP contribution in [0.2, 0.25) is 0 Å². The summed E-state index contributed by atoms with van der Waals surface area (Å²) in [5, 5.41) is 0. The Bertz CT molecular complexity index is 484. The van der Waals surface area contributed by atoms with Gasteiger partial charge in [-0.05, 0) is 79.7 Å². The summed E-state index contributed by atoms with van der Waals surface area (Å²) in [4.78, 5) is 2.49. The molecule has 3 unspecified atom stereocenters. The Morgan fingerprint density at radius 2 is 1.62 bits per heavy atom. The number of nitrogens with zero attached hydrogens (tertiary/aromatic N) is 1. The summed E-state index contributed by atoms with van der Waals surface area (Å²) in [7, 11) is 2.26. The molecule has 24 heavy (non-hydrogen) atoms. The molecule has 0 aromatic rings. The summed E-state index contributed by atoms with van der Waals surface area (Å²) in [5.41, 5.74) is 4.46. The lowest BCUT2D eigenvalue weighted by Crippen LogP contribution is -2.39. The number of allylic oxidation sites excluding steroid dienone is 5. The molecule has 2 heterocycles. The summed E-state index contributed by atoms with van der Waals surface area (Å²) in [5.74, 6) is 0. The number of fused-ring (bicyclic) bond motifs is 2. The van der Waals surface area contributed by atoms with E-state index in [9.17, 15) is 0 Å². The maximum atomic E-state index is 5.98. The molecule has 2 nitrogen and oxygen atoms in total. The maximum Gasteiger partial charge on any atom is 0.0735 e. The third-order valence-electron chi connectivity index (χ3n) is 5.49. The van der Waals surface area contributed by atoms with E-state index in [1.165, 1.54) is 61.7 Å². The van der Waals surface area contributed by atoms with E-state index in [4.69, 9.17) is 4.74 Å². The second kappa shape index (κ2) is 9.58. The van der Waals surface area contributed by atoms with Crippen molar-refractivity contribution in [3.05, 3.63) is 34.9 Å². The van der Waals surface area contributed by atoms with Gasteiger partial charge in [0.2, 0.25) is 0 Å². The lowest BCUT2D eigenvalue weighted by atomic mass is 9.94. The van der Waals surface area contributed by atoms with Crippen LogP contribution in [0.4, 0.5) is 0 Å². The lowest BCUT2D eigenvalue weighted by Gasteiger charge is -2.28. The third kappa shape index (κ3) is 6.22. The molecule has 0 aromatic heterocycles. The average molecular weight is 332 g/mol. The lowest BCUT2D eigenvalue weighted by molar-refractivity contribution is 0.0801. The molecule has 3 atom stereocenters. The van der Waals surface area contributed by atoms with E-state index in [1.807, 2.05) is 0 Å². The average Bonchev–Trinajstić information content (AvgIpc) is 3.15. The smallest absolute Gasteiger partial charge is 0.0735 e. The molecule has 2 bridgehead atoms. The standard InChI is InChI=1S/C22H37NO/c1-17(2)8-6-9-18(3)10-7-11-19(4)14-15-23(5)21-16-20-12-13-22(21)24-20/h8,10,14,20-22H,6-7,9,11-13,15-16H2,1-5H3/b18-10+,19-14+. The molecule has 136 valence electrons. The summed E-state index contributed by atoms with van der Waals surface area (Å²) in [6.45, 7) is 9.95. The van der Waals surface area contributed by atoms with E-state index in [0.717, 1.165) is 6.54 Å².